The fourth-order valence-corrected chi connectivity index (χ4v) is 2.97. The van der Waals surface area contributed by atoms with Crippen LogP contribution in [0.2, 0.25) is 0 Å². The SMILES string of the molecule is Cn1c(NC(=S)Nc2ccccc2)c(C=NCc2ccccc2)c(=O)n(C)c1=O. The molecule has 0 atom stereocenters. The summed E-state index contributed by atoms with van der Waals surface area (Å²) in [5, 5.41) is 6.26. The van der Waals surface area contributed by atoms with Gasteiger partial charge in [-0.15, -0.1) is 0 Å². The van der Waals surface area contributed by atoms with Crippen LogP contribution >= 0.6 is 12.2 Å². The van der Waals surface area contributed by atoms with Gasteiger partial charge < -0.3 is 10.6 Å². The van der Waals surface area contributed by atoms with Gasteiger partial charge in [-0.25, -0.2) is 4.79 Å². The molecular formula is C21H21N5O2S. The van der Waals surface area contributed by atoms with Crippen LogP contribution in [-0.2, 0) is 20.6 Å². The normalized spacial score (nSPS) is 10.8. The smallest absolute Gasteiger partial charge is 0.332 e. The second-order valence-electron chi connectivity index (χ2n) is 6.37. The quantitative estimate of drug-likeness (QED) is 0.502. The molecule has 0 radical (unpaired) electrons. The van der Waals surface area contributed by atoms with E-state index in [2.05, 4.69) is 15.6 Å². The molecule has 0 bridgehead atoms. The lowest BCUT2D eigenvalue weighted by Gasteiger charge is -2.16. The monoisotopic (exact) mass is 407 g/mol. The minimum atomic E-state index is -0.458. The summed E-state index contributed by atoms with van der Waals surface area (Å²) in [6, 6.07) is 19.1. The maximum atomic E-state index is 12.7. The zero-order valence-corrected chi connectivity index (χ0v) is 16.9. The molecule has 1 aromatic heterocycles. The van der Waals surface area contributed by atoms with Gasteiger partial charge in [-0.2, -0.15) is 0 Å². The zero-order valence-electron chi connectivity index (χ0n) is 16.1. The van der Waals surface area contributed by atoms with Crippen LogP contribution in [0.1, 0.15) is 11.1 Å². The molecule has 2 aromatic carbocycles. The van der Waals surface area contributed by atoms with Gasteiger partial charge in [0.05, 0.1) is 12.1 Å². The van der Waals surface area contributed by atoms with Crippen molar-refractivity contribution in [1.29, 1.82) is 0 Å². The molecule has 3 rings (SSSR count). The predicted octanol–water partition coefficient (Wildman–Crippen LogP) is 2.51. The number of nitrogens with one attached hydrogen (secondary N) is 2. The molecular weight excluding hydrogens is 386 g/mol. The Kier molecular flexibility index (Phi) is 6.36. The summed E-state index contributed by atoms with van der Waals surface area (Å²) < 4.78 is 2.38. The van der Waals surface area contributed by atoms with Gasteiger partial charge in [-0.05, 0) is 29.9 Å². The number of benzene rings is 2. The van der Waals surface area contributed by atoms with Crippen LogP contribution in [0.25, 0.3) is 0 Å². The average Bonchev–Trinajstić information content (AvgIpc) is 2.74. The van der Waals surface area contributed by atoms with E-state index in [9.17, 15) is 9.59 Å². The first-order valence-electron chi connectivity index (χ1n) is 8.94. The first-order valence-corrected chi connectivity index (χ1v) is 9.35. The van der Waals surface area contributed by atoms with Crippen LogP contribution in [-0.4, -0.2) is 20.5 Å². The van der Waals surface area contributed by atoms with E-state index in [-0.39, 0.29) is 16.5 Å². The fraction of sp³-hybridized carbons (Fsp3) is 0.143. The Bertz CT molecular complexity index is 1150. The van der Waals surface area contributed by atoms with Crippen molar-refractivity contribution < 1.29 is 0 Å². The van der Waals surface area contributed by atoms with Gasteiger partial charge in [0, 0.05) is 26.0 Å². The molecule has 0 saturated heterocycles. The van der Waals surface area contributed by atoms with E-state index in [1.807, 2.05) is 60.7 Å². The van der Waals surface area contributed by atoms with E-state index < -0.39 is 11.2 Å². The topological polar surface area (TPSA) is 80.4 Å². The summed E-state index contributed by atoms with van der Waals surface area (Å²) in [7, 11) is 3.01. The van der Waals surface area contributed by atoms with Crippen molar-refractivity contribution in [2.45, 2.75) is 6.54 Å². The maximum absolute atomic E-state index is 12.7. The van der Waals surface area contributed by atoms with Crippen LogP contribution in [0.5, 0.6) is 0 Å². The second kappa shape index (κ2) is 9.11. The number of aliphatic imine (C=N–C) groups is 1. The Balaban J connectivity index is 1.91. The Morgan fingerprint density at radius 3 is 2.24 bits per heavy atom. The van der Waals surface area contributed by atoms with Crippen molar-refractivity contribution in [1.82, 2.24) is 9.13 Å². The number of anilines is 2. The van der Waals surface area contributed by atoms with Crippen LogP contribution in [0.3, 0.4) is 0 Å². The number of rotatable bonds is 5. The highest BCUT2D eigenvalue weighted by Gasteiger charge is 2.15. The van der Waals surface area contributed by atoms with Crippen LogP contribution < -0.4 is 21.9 Å². The first kappa shape index (κ1) is 20.2. The second-order valence-corrected chi connectivity index (χ2v) is 6.78. The summed E-state index contributed by atoms with van der Waals surface area (Å²) in [6.45, 7) is 0.416. The molecule has 0 fully saturated rings. The molecule has 0 aliphatic rings. The molecule has 0 unspecified atom stereocenters. The lowest BCUT2D eigenvalue weighted by atomic mass is 10.2. The Morgan fingerprint density at radius 2 is 1.59 bits per heavy atom. The Hall–Kier alpha value is -3.52. The number of nitrogens with zero attached hydrogens (tertiary/aromatic N) is 3. The van der Waals surface area contributed by atoms with E-state index >= 15 is 0 Å². The van der Waals surface area contributed by atoms with E-state index in [4.69, 9.17) is 12.2 Å². The molecule has 7 nitrogen and oxygen atoms in total. The van der Waals surface area contributed by atoms with Crippen molar-refractivity contribution in [2.24, 2.45) is 19.1 Å². The van der Waals surface area contributed by atoms with Gasteiger partial charge in [-0.3, -0.25) is 18.9 Å². The highest BCUT2D eigenvalue weighted by atomic mass is 32.1. The minimum Gasteiger partial charge on any atom is -0.332 e. The Labute approximate surface area is 173 Å². The largest absolute Gasteiger partial charge is 0.332 e. The molecule has 0 amide bonds. The van der Waals surface area contributed by atoms with E-state index in [1.165, 1.54) is 17.8 Å². The van der Waals surface area contributed by atoms with E-state index in [1.54, 1.807) is 7.05 Å². The number of hydrogen-bond acceptors (Lipinski definition) is 4. The summed E-state index contributed by atoms with van der Waals surface area (Å²) in [5.74, 6) is 0.281. The van der Waals surface area contributed by atoms with Crippen molar-refractivity contribution >= 4 is 35.1 Å². The molecule has 1 heterocycles. The summed E-state index contributed by atoms with van der Waals surface area (Å²) >= 11 is 5.35. The molecule has 29 heavy (non-hydrogen) atoms. The molecule has 0 aliphatic carbocycles. The molecule has 0 spiro atoms. The summed E-state index contributed by atoms with van der Waals surface area (Å²) in [5.41, 5.74) is 1.15. The maximum Gasteiger partial charge on any atom is 0.332 e. The predicted molar refractivity (Wildman–Crippen MR) is 121 cm³/mol. The fourth-order valence-electron chi connectivity index (χ4n) is 2.75. The van der Waals surface area contributed by atoms with Gasteiger partial charge >= 0.3 is 5.69 Å². The molecule has 3 aromatic rings. The third-order valence-corrected chi connectivity index (χ3v) is 4.50. The van der Waals surface area contributed by atoms with Crippen LogP contribution in [0, 0.1) is 0 Å². The van der Waals surface area contributed by atoms with Crippen LogP contribution in [0.4, 0.5) is 11.5 Å². The number of aromatic nitrogens is 2. The van der Waals surface area contributed by atoms with Crippen molar-refractivity contribution in [3.63, 3.8) is 0 Å². The minimum absolute atomic E-state index is 0.253. The average molecular weight is 407 g/mol. The van der Waals surface area contributed by atoms with Gasteiger partial charge in [-0.1, -0.05) is 48.5 Å². The third-order valence-electron chi connectivity index (χ3n) is 4.30. The van der Waals surface area contributed by atoms with Gasteiger partial charge in [0.25, 0.3) is 5.56 Å². The molecule has 8 heteroatoms. The lowest BCUT2D eigenvalue weighted by molar-refractivity contribution is 0.691. The highest BCUT2D eigenvalue weighted by molar-refractivity contribution is 7.80. The lowest BCUT2D eigenvalue weighted by Crippen LogP contribution is -2.41. The van der Waals surface area contributed by atoms with E-state index in [0.29, 0.717) is 6.54 Å². The van der Waals surface area contributed by atoms with Crippen molar-refractivity contribution in [2.75, 3.05) is 10.6 Å². The molecule has 0 saturated carbocycles. The Morgan fingerprint density at radius 1 is 0.966 bits per heavy atom. The van der Waals surface area contributed by atoms with Crippen molar-refractivity contribution in [3.8, 4) is 0 Å². The van der Waals surface area contributed by atoms with Crippen molar-refractivity contribution in [3.05, 3.63) is 92.6 Å². The molecule has 0 aliphatic heterocycles. The summed E-state index contributed by atoms with van der Waals surface area (Å²) in [6.07, 6.45) is 1.47. The van der Waals surface area contributed by atoms with Gasteiger partial charge in [0.1, 0.15) is 5.82 Å². The van der Waals surface area contributed by atoms with Gasteiger partial charge in [0.15, 0.2) is 5.11 Å². The van der Waals surface area contributed by atoms with Crippen LogP contribution in [0.15, 0.2) is 75.2 Å². The highest BCUT2D eigenvalue weighted by Crippen LogP contribution is 2.10. The summed E-state index contributed by atoms with van der Waals surface area (Å²) in [4.78, 5) is 29.5. The standard InChI is InChI=1S/C21H21N5O2S/c1-25-18(24-20(29)23-16-11-7-4-8-12-16)17(19(27)26(2)21(25)28)14-22-13-15-9-5-3-6-10-15/h3-12,14H,13H2,1-2H3,(H2,23,24,29). The molecule has 148 valence electrons. The third kappa shape index (κ3) is 4.85. The number of hydrogen-bond donors (Lipinski definition) is 2. The number of thiocarbonyl (C=S) groups is 1. The van der Waals surface area contributed by atoms with E-state index in [0.717, 1.165) is 15.8 Å². The first-order chi connectivity index (χ1) is 14.0. The zero-order chi connectivity index (χ0) is 20.8. The van der Waals surface area contributed by atoms with Gasteiger partial charge in [0.2, 0.25) is 0 Å². The molecule has 2 N–H and O–H groups in total. The number of para-hydroxylation sites is 1.